The van der Waals surface area contributed by atoms with Crippen LogP contribution in [0.4, 0.5) is 16.5 Å². The Morgan fingerprint density at radius 1 is 0.947 bits per heavy atom. The summed E-state index contributed by atoms with van der Waals surface area (Å²) in [7, 11) is 0. The van der Waals surface area contributed by atoms with Crippen molar-refractivity contribution < 1.29 is 14.4 Å². The van der Waals surface area contributed by atoms with Crippen LogP contribution < -0.4 is 15.5 Å². The average Bonchev–Trinajstić information content (AvgIpc) is 3.56. The Labute approximate surface area is 224 Å². The molecule has 1 aliphatic rings. The Morgan fingerprint density at radius 3 is 2.34 bits per heavy atom. The molecule has 0 spiro atoms. The molecule has 38 heavy (non-hydrogen) atoms. The van der Waals surface area contributed by atoms with Crippen molar-refractivity contribution in [2.24, 2.45) is 5.92 Å². The van der Waals surface area contributed by atoms with E-state index in [2.05, 4.69) is 39.9 Å². The van der Waals surface area contributed by atoms with Crippen molar-refractivity contribution in [1.82, 2.24) is 10.2 Å². The Bertz CT molecular complexity index is 1420. The highest BCUT2D eigenvalue weighted by molar-refractivity contribution is 7.15. The minimum atomic E-state index is -0.443. The molecular formula is C29H27N5O3S. The van der Waals surface area contributed by atoms with Gasteiger partial charge in [0.1, 0.15) is 5.01 Å². The van der Waals surface area contributed by atoms with Crippen molar-refractivity contribution >= 4 is 45.6 Å². The van der Waals surface area contributed by atoms with Gasteiger partial charge in [0.25, 0.3) is 5.91 Å². The largest absolute Gasteiger partial charge is 0.326 e. The van der Waals surface area contributed by atoms with E-state index in [1.165, 1.54) is 16.9 Å². The summed E-state index contributed by atoms with van der Waals surface area (Å²) in [6.45, 7) is 2.47. The molecule has 0 radical (unpaired) electrons. The Morgan fingerprint density at radius 2 is 1.63 bits per heavy atom. The average molecular weight is 526 g/mol. The first-order chi connectivity index (χ1) is 18.5. The van der Waals surface area contributed by atoms with Crippen LogP contribution in [0, 0.1) is 5.92 Å². The first kappa shape index (κ1) is 25.3. The van der Waals surface area contributed by atoms with E-state index < -0.39 is 5.92 Å². The fourth-order valence-electron chi connectivity index (χ4n) is 4.41. The fraction of sp³-hybridized carbons (Fsp3) is 0.207. The number of hydrogen-bond acceptors (Lipinski definition) is 6. The molecule has 2 atom stereocenters. The lowest BCUT2D eigenvalue weighted by molar-refractivity contribution is -0.122. The third-order valence-electron chi connectivity index (χ3n) is 6.52. The summed E-state index contributed by atoms with van der Waals surface area (Å²) in [5.41, 5.74) is 3.01. The molecule has 2 N–H and O–H groups in total. The smallest absolute Gasteiger partial charge is 0.257 e. The molecule has 192 valence electrons. The molecule has 0 aliphatic carbocycles. The van der Waals surface area contributed by atoms with Crippen LogP contribution >= 0.6 is 11.3 Å². The van der Waals surface area contributed by atoms with E-state index in [-0.39, 0.29) is 24.1 Å². The lowest BCUT2D eigenvalue weighted by atomic mass is 9.98. The number of aromatic nitrogens is 2. The van der Waals surface area contributed by atoms with Gasteiger partial charge in [-0.3, -0.25) is 19.7 Å². The topological polar surface area (TPSA) is 104 Å². The molecule has 4 aromatic rings. The minimum Gasteiger partial charge on any atom is -0.326 e. The van der Waals surface area contributed by atoms with Crippen LogP contribution in [0.25, 0.3) is 0 Å². The summed E-state index contributed by atoms with van der Waals surface area (Å²) in [5.74, 6) is -0.750. The third kappa shape index (κ3) is 5.95. The summed E-state index contributed by atoms with van der Waals surface area (Å²) >= 11 is 1.36. The summed E-state index contributed by atoms with van der Waals surface area (Å²) in [6, 6.07) is 26.2. The van der Waals surface area contributed by atoms with Crippen LogP contribution in [0.15, 0.2) is 84.9 Å². The predicted octanol–water partition coefficient (Wildman–Crippen LogP) is 5.13. The molecule has 1 aromatic heterocycles. The summed E-state index contributed by atoms with van der Waals surface area (Å²) in [6.07, 6.45) is 0.900. The molecule has 1 saturated heterocycles. The second-order valence-corrected chi connectivity index (χ2v) is 10.3. The van der Waals surface area contributed by atoms with E-state index in [0.717, 1.165) is 17.1 Å². The number of para-hydroxylation sites is 1. The Balaban J connectivity index is 1.14. The number of hydrogen-bond donors (Lipinski definition) is 2. The van der Waals surface area contributed by atoms with Crippen LogP contribution in [0.5, 0.6) is 0 Å². The molecule has 2 heterocycles. The van der Waals surface area contributed by atoms with E-state index in [1.54, 1.807) is 29.2 Å². The lowest BCUT2D eigenvalue weighted by Crippen LogP contribution is -2.28. The first-order valence-corrected chi connectivity index (χ1v) is 13.2. The minimum absolute atomic E-state index is 0.0716. The highest BCUT2D eigenvalue weighted by atomic mass is 32.1. The second kappa shape index (κ2) is 11.4. The maximum atomic E-state index is 12.8. The van der Waals surface area contributed by atoms with E-state index in [0.29, 0.717) is 28.8 Å². The third-order valence-corrected chi connectivity index (χ3v) is 7.38. The van der Waals surface area contributed by atoms with E-state index in [4.69, 9.17) is 0 Å². The maximum absolute atomic E-state index is 12.8. The SMILES string of the molecule is CC(Cc1nnc(NC(=O)c2ccc(NC(=O)C3CC(=O)N(c4ccccc4)C3)cc2)s1)c1ccccc1. The van der Waals surface area contributed by atoms with Gasteiger partial charge in [0.05, 0.1) is 5.92 Å². The standard InChI is InChI=1S/C29H27N5O3S/c1-19(20-8-4-2-5-9-20)16-25-32-33-29(38-25)31-27(36)21-12-14-23(15-13-21)30-28(37)22-17-26(35)34(18-22)24-10-6-3-7-11-24/h2-15,19,22H,16-18H2,1H3,(H,30,37)(H,31,33,36). The van der Waals surface area contributed by atoms with Gasteiger partial charge in [0.15, 0.2) is 0 Å². The number of carbonyl (C=O) groups is 3. The van der Waals surface area contributed by atoms with Gasteiger partial charge in [-0.15, -0.1) is 10.2 Å². The van der Waals surface area contributed by atoms with Crippen LogP contribution in [-0.2, 0) is 16.0 Å². The van der Waals surface area contributed by atoms with Crippen molar-refractivity contribution in [1.29, 1.82) is 0 Å². The molecule has 2 unspecified atom stereocenters. The van der Waals surface area contributed by atoms with E-state index in [9.17, 15) is 14.4 Å². The predicted molar refractivity (Wildman–Crippen MR) is 148 cm³/mol. The number of rotatable bonds is 8. The molecule has 0 saturated carbocycles. The van der Waals surface area contributed by atoms with Gasteiger partial charge in [0, 0.05) is 36.3 Å². The van der Waals surface area contributed by atoms with Crippen LogP contribution in [-0.4, -0.2) is 34.5 Å². The molecule has 1 aliphatic heterocycles. The second-order valence-electron chi connectivity index (χ2n) is 9.28. The maximum Gasteiger partial charge on any atom is 0.257 e. The highest BCUT2D eigenvalue weighted by Crippen LogP contribution is 2.27. The Hall–Kier alpha value is -4.37. The summed E-state index contributed by atoms with van der Waals surface area (Å²) < 4.78 is 0. The molecule has 8 nitrogen and oxygen atoms in total. The van der Waals surface area contributed by atoms with Crippen LogP contribution in [0.2, 0.25) is 0 Å². The van der Waals surface area contributed by atoms with Crippen LogP contribution in [0.3, 0.4) is 0 Å². The van der Waals surface area contributed by atoms with E-state index in [1.807, 2.05) is 48.5 Å². The van der Waals surface area contributed by atoms with Crippen molar-refractivity contribution in [2.75, 3.05) is 22.1 Å². The van der Waals surface area contributed by atoms with Gasteiger partial charge in [-0.1, -0.05) is 66.8 Å². The van der Waals surface area contributed by atoms with Crippen LogP contribution in [0.1, 0.15) is 40.2 Å². The molecule has 1 fully saturated rings. The number of amides is 3. The first-order valence-electron chi connectivity index (χ1n) is 12.4. The lowest BCUT2D eigenvalue weighted by Gasteiger charge is -2.16. The Kier molecular flexibility index (Phi) is 7.55. The zero-order chi connectivity index (χ0) is 26.5. The molecular weight excluding hydrogens is 498 g/mol. The molecule has 0 bridgehead atoms. The van der Waals surface area contributed by atoms with E-state index >= 15 is 0 Å². The van der Waals surface area contributed by atoms with Crippen molar-refractivity contribution in [2.45, 2.75) is 25.7 Å². The molecule has 5 rings (SSSR count). The molecule has 3 amide bonds. The number of nitrogens with zero attached hydrogens (tertiary/aromatic N) is 3. The summed E-state index contributed by atoms with van der Waals surface area (Å²) in [5, 5.41) is 15.3. The van der Waals surface area contributed by atoms with Gasteiger partial charge in [-0.2, -0.15) is 0 Å². The van der Waals surface area contributed by atoms with Crippen molar-refractivity contribution in [3.05, 3.63) is 101 Å². The van der Waals surface area contributed by atoms with Gasteiger partial charge in [0.2, 0.25) is 16.9 Å². The van der Waals surface area contributed by atoms with Gasteiger partial charge in [-0.25, -0.2) is 0 Å². The monoisotopic (exact) mass is 525 g/mol. The molecule has 9 heteroatoms. The number of benzene rings is 3. The zero-order valence-electron chi connectivity index (χ0n) is 20.8. The van der Waals surface area contributed by atoms with Crippen molar-refractivity contribution in [3.8, 4) is 0 Å². The number of anilines is 3. The number of carbonyl (C=O) groups excluding carboxylic acids is 3. The fourth-order valence-corrected chi connectivity index (χ4v) is 5.27. The number of nitrogens with one attached hydrogen (secondary N) is 2. The zero-order valence-corrected chi connectivity index (χ0v) is 21.7. The van der Waals surface area contributed by atoms with Gasteiger partial charge < -0.3 is 10.2 Å². The highest BCUT2D eigenvalue weighted by Gasteiger charge is 2.35. The quantitative estimate of drug-likeness (QED) is 0.332. The van der Waals surface area contributed by atoms with Gasteiger partial charge in [-0.05, 0) is 47.9 Å². The normalized spacial score (nSPS) is 15.8. The van der Waals surface area contributed by atoms with Crippen molar-refractivity contribution in [3.63, 3.8) is 0 Å². The van der Waals surface area contributed by atoms with Gasteiger partial charge >= 0.3 is 0 Å². The summed E-state index contributed by atoms with van der Waals surface area (Å²) in [4.78, 5) is 39.6. The molecule has 3 aromatic carbocycles.